The normalized spacial score (nSPS) is 26.8. The topological polar surface area (TPSA) is 75.6 Å². The van der Waals surface area contributed by atoms with Crippen molar-refractivity contribution in [2.24, 2.45) is 10.9 Å². The molecule has 1 amide bonds. The number of aliphatic imine (C=N–C) groups is 1. The summed E-state index contributed by atoms with van der Waals surface area (Å²) in [6, 6.07) is 5.12. The first-order valence-electron chi connectivity index (χ1n) is 7.20. The smallest absolute Gasteiger partial charge is 0.249 e. The van der Waals surface area contributed by atoms with Crippen LogP contribution in [-0.4, -0.2) is 37.6 Å². The maximum Gasteiger partial charge on any atom is 0.249 e. The van der Waals surface area contributed by atoms with Crippen molar-refractivity contribution in [1.29, 1.82) is 0 Å². The van der Waals surface area contributed by atoms with Gasteiger partial charge in [0.05, 0.1) is 11.5 Å². The van der Waals surface area contributed by atoms with Gasteiger partial charge in [-0.3, -0.25) is 9.79 Å². The third-order valence-electron chi connectivity index (χ3n) is 4.16. The lowest BCUT2D eigenvalue weighted by Crippen LogP contribution is -2.28. The fourth-order valence-electron chi connectivity index (χ4n) is 3.04. The van der Waals surface area contributed by atoms with Crippen molar-refractivity contribution < 1.29 is 13.2 Å². The fraction of sp³-hybridized carbons (Fsp3) is 0.467. The lowest BCUT2D eigenvalue weighted by molar-refractivity contribution is -0.117. The highest BCUT2D eigenvalue weighted by molar-refractivity contribution is 9.10. The van der Waals surface area contributed by atoms with Gasteiger partial charge in [0.1, 0.15) is 6.04 Å². The van der Waals surface area contributed by atoms with Crippen molar-refractivity contribution in [1.82, 2.24) is 0 Å². The van der Waals surface area contributed by atoms with Gasteiger partial charge in [0.25, 0.3) is 0 Å². The van der Waals surface area contributed by atoms with Crippen molar-refractivity contribution >= 4 is 43.1 Å². The van der Waals surface area contributed by atoms with Gasteiger partial charge in [-0.2, -0.15) is 0 Å². The maximum absolute atomic E-state index is 12.4. The Morgan fingerprint density at radius 3 is 2.86 bits per heavy atom. The first-order valence-corrected chi connectivity index (χ1v) is 9.81. The second kappa shape index (κ2) is 5.77. The van der Waals surface area contributed by atoms with Crippen molar-refractivity contribution in [3.63, 3.8) is 0 Å². The molecule has 1 fully saturated rings. The quantitative estimate of drug-likeness (QED) is 0.850. The van der Waals surface area contributed by atoms with E-state index in [4.69, 9.17) is 0 Å². The number of fused-ring (bicyclic) bond motifs is 1. The molecule has 0 aromatic heterocycles. The van der Waals surface area contributed by atoms with E-state index >= 15 is 0 Å². The van der Waals surface area contributed by atoms with E-state index in [1.165, 1.54) is 0 Å². The number of rotatable bonds is 2. The maximum atomic E-state index is 12.4. The molecule has 0 bridgehead atoms. The van der Waals surface area contributed by atoms with Gasteiger partial charge in [0.15, 0.2) is 9.84 Å². The molecule has 2 atom stereocenters. The standard InChI is InChI=1S/C15H17BrN2O3S/c1-9-12-7-11(16)2-3-13(12)18-15(19)14(17-9)6-10-4-5-22(20,21)8-10/h2-3,7,10,14H,4-6,8H2,1H3,(H,18,19). The molecule has 2 heterocycles. The third kappa shape index (κ3) is 3.25. The summed E-state index contributed by atoms with van der Waals surface area (Å²) in [5.41, 5.74) is 2.43. The predicted molar refractivity (Wildman–Crippen MR) is 90.1 cm³/mol. The molecule has 7 heteroatoms. The van der Waals surface area contributed by atoms with Crippen molar-refractivity contribution in [2.75, 3.05) is 16.8 Å². The number of hydrogen-bond donors (Lipinski definition) is 1. The van der Waals surface area contributed by atoms with E-state index in [0.717, 1.165) is 21.4 Å². The molecule has 2 aliphatic rings. The molecular formula is C15H17BrN2O3S. The number of carbonyl (C=O) groups is 1. The molecule has 118 valence electrons. The number of anilines is 1. The fourth-order valence-corrected chi connectivity index (χ4v) is 5.28. The average Bonchev–Trinajstić information content (AvgIpc) is 2.73. The Labute approximate surface area is 138 Å². The summed E-state index contributed by atoms with van der Waals surface area (Å²) in [5, 5.41) is 2.90. The Kier molecular flexibility index (Phi) is 4.11. The molecule has 1 saturated heterocycles. The van der Waals surface area contributed by atoms with Gasteiger partial charge in [0, 0.05) is 21.4 Å². The first kappa shape index (κ1) is 15.7. The zero-order chi connectivity index (χ0) is 15.9. The zero-order valence-corrected chi connectivity index (χ0v) is 14.6. The van der Waals surface area contributed by atoms with E-state index in [2.05, 4.69) is 26.2 Å². The Morgan fingerprint density at radius 1 is 1.41 bits per heavy atom. The Balaban J connectivity index is 1.84. The van der Waals surface area contributed by atoms with Gasteiger partial charge >= 0.3 is 0 Å². The molecule has 5 nitrogen and oxygen atoms in total. The third-order valence-corrected chi connectivity index (χ3v) is 6.49. The monoisotopic (exact) mass is 384 g/mol. The largest absolute Gasteiger partial charge is 0.324 e. The van der Waals surface area contributed by atoms with Gasteiger partial charge in [-0.1, -0.05) is 15.9 Å². The van der Waals surface area contributed by atoms with Crippen LogP contribution in [-0.2, 0) is 14.6 Å². The van der Waals surface area contributed by atoms with Gasteiger partial charge in [-0.05, 0) is 43.9 Å². The Bertz CT molecular complexity index is 758. The van der Waals surface area contributed by atoms with Crippen LogP contribution < -0.4 is 5.32 Å². The van der Waals surface area contributed by atoms with Crippen LogP contribution in [0.1, 0.15) is 25.3 Å². The van der Waals surface area contributed by atoms with E-state index in [-0.39, 0.29) is 23.3 Å². The molecule has 0 radical (unpaired) electrons. The van der Waals surface area contributed by atoms with Crippen LogP contribution in [0.25, 0.3) is 0 Å². The summed E-state index contributed by atoms with van der Waals surface area (Å²) in [7, 11) is -2.93. The molecular weight excluding hydrogens is 368 g/mol. The number of sulfone groups is 1. The van der Waals surface area contributed by atoms with E-state index in [9.17, 15) is 13.2 Å². The number of halogens is 1. The number of amides is 1. The highest BCUT2D eigenvalue weighted by Gasteiger charge is 2.33. The SMILES string of the molecule is CC1=NC(CC2CCS(=O)(=O)C2)C(=O)Nc2ccc(Br)cc21. The average molecular weight is 385 g/mol. The van der Waals surface area contributed by atoms with Crippen LogP contribution in [0.4, 0.5) is 5.69 Å². The molecule has 22 heavy (non-hydrogen) atoms. The summed E-state index contributed by atoms with van der Waals surface area (Å²) in [5.74, 6) is 0.251. The number of carbonyl (C=O) groups excluding carboxylic acids is 1. The number of benzene rings is 1. The molecule has 1 aromatic carbocycles. The minimum Gasteiger partial charge on any atom is -0.324 e. The molecule has 0 saturated carbocycles. The summed E-state index contributed by atoms with van der Waals surface area (Å²) < 4.78 is 24.1. The Hall–Kier alpha value is -1.21. The number of hydrogen-bond acceptors (Lipinski definition) is 4. The lowest BCUT2D eigenvalue weighted by atomic mass is 9.99. The molecule has 3 rings (SSSR count). The van der Waals surface area contributed by atoms with Gasteiger partial charge in [-0.15, -0.1) is 0 Å². The minimum absolute atomic E-state index is 0.0187. The van der Waals surface area contributed by atoms with E-state index < -0.39 is 15.9 Å². The number of nitrogens with one attached hydrogen (secondary N) is 1. The molecule has 0 aliphatic carbocycles. The molecule has 2 unspecified atom stereocenters. The van der Waals surface area contributed by atoms with Crippen LogP contribution >= 0.6 is 15.9 Å². The molecule has 0 spiro atoms. The van der Waals surface area contributed by atoms with Crippen LogP contribution in [0.15, 0.2) is 27.7 Å². The summed E-state index contributed by atoms with van der Waals surface area (Å²) in [6.07, 6.45) is 1.11. The highest BCUT2D eigenvalue weighted by atomic mass is 79.9. The predicted octanol–water partition coefficient (Wildman–Crippen LogP) is 2.40. The number of benzodiazepines with no additional fused rings is 1. The molecule has 1 N–H and O–H groups in total. The van der Waals surface area contributed by atoms with E-state index in [1.54, 1.807) is 0 Å². The first-order chi connectivity index (χ1) is 10.3. The van der Waals surface area contributed by atoms with Gasteiger partial charge in [0.2, 0.25) is 5.91 Å². The summed E-state index contributed by atoms with van der Waals surface area (Å²) >= 11 is 3.42. The van der Waals surface area contributed by atoms with Crippen LogP contribution in [0.2, 0.25) is 0 Å². The van der Waals surface area contributed by atoms with E-state index in [1.807, 2.05) is 25.1 Å². The van der Waals surface area contributed by atoms with E-state index in [0.29, 0.717) is 12.8 Å². The minimum atomic E-state index is -2.93. The van der Waals surface area contributed by atoms with Crippen LogP contribution in [0.3, 0.4) is 0 Å². The Morgan fingerprint density at radius 2 is 2.18 bits per heavy atom. The van der Waals surface area contributed by atoms with Crippen molar-refractivity contribution in [3.8, 4) is 0 Å². The number of nitrogens with zero attached hydrogens (tertiary/aromatic N) is 1. The second-order valence-corrected chi connectivity index (χ2v) is 9.06. The van der Waals surface area contributed by atoms with Gasteiger partial charge < -0.3 is 5.32 Å². The lowest BCUT2D eigenvalue weighted by Gasteiger charge is -2.14. The van der Waals surface area contributed by atoms with Gasteiger partial charge in [-0.25, -0.2) is 8.42 Å². The molecule has 2 aliphatic heterocycles. The highest BCUT2D eigenvalue weighted by Crippen LogP contribution is 2.28. The second-order valence-electron chi connectivity index (χ2n) is 5.91. The van der Waals surface area contributed by atoms with Crippen molar-refractivity contribution in [3.05, 3.63) is 28.2 Å². The zero-order valence-electron chi connectivity index (χ0n) is 12.2. The summed E-state index contributed by atoms with van der Waals surface area (Å²) in [4.78, 5) is 16.9. The summed E-state index contributed by atoms with van der Waals surface area (Å²) in [6.45, 7) is 1.88. The van der Waals surface area contributed by atoms with Crippen LogP contribution in [0.5, 0.6) is 0 Å². The van der Waals surface area contributed by atoms with Crippen molar-refractivity contribution in [2.45, 2.75) is 25.8 Å². The molecule has 1 aromatic rings. The van der Waals surface area contributed by atoms with Crippen LogP contribution in [0, 0.1) is 5.92 Å².